The summed E-state index contributed by atoms with van der Waals surface area (Å²) in [7, 11) is -3.96. The van der Waals surface area contributed by atoms with Gasteiger partial charge in [-0.25, -0.2) is 13.9 Å². The normalized spacial score (nSPS) is 10.6. The van der Waals surface area contributed by atoms with Crippen LogP contribution in [0.4, 0.5) is 5.69 Å². The molecule has 0 aliphatic carbocycles. The molecule has 0 unspecified atom stereocenters. The Bertz CT molecular complexity index is 1100. The van der Waals surface area contributed by atoms with Gasteiger partial charge in [0, 0.05) is 12.2 Å². The van der Waals surface area contributed by atoms with Gasteiger partial charge in [-0.3, -0.25) is 24.6 Å². The van der Waals surface area contributed by atoms with Gasteiger partial charge in [-0.2, -0.15) is 0 Å². The molecule has 170 valence electrons. The van der Waals surface area contributed by atoms with E-state index in [-0.39, 0.29) is 48.6 Å². The Hall–Kier alpha value is -3.09. The second-order valence-corrected chi connectivity index (χ2v) is 8.10. The predicted octanol–water partition coefficient (Wildman–Crippen LogP) is 0.219. The Labute approximate surface area is 185 Å². The van der Waals surface area contributed by atoms with E-state index >= 15 is 0 Å². The minimum Gasteiger partial charge on any atom is -0.368 e. The number of hydrogen-bond donors (Lipinski definition) is 5. The molecule has 11 nitrogen and oxygen atoms in total. The van der Waals surface area contributed by atoms with Crippen LogP contribution in [0.1, 0.15) is 11.3 Å². The fourth-order valence-electron chi connectivity index (χ4n) is 2.50. The number of nitrogens with one attached hydrogen (secondary N) is 4. The van der Waals surface area contributed by atoms with Gasteiger partial charge in [-0.15, -0.1) is 12.4 Å². The van der Waals surface area contributed by atoms with Gasteiger partial charge in [0.2, 0.25) is 11.9 Å². The number of benzene rings is 1. The minimum absolute atomic E-state index is 0. The van der Waals surface area contributed by atoms with Crippen LogP contribution in [0, 0.1) is 19.3 Å². The zero-order valence-corrected chi connectivity index (χ0v) is 18.6. The van der Waals surface area contributed by atoms with E-state index in [1.165, 1.54) is 18.2 Å². The number of nitrogens with zero attached hydrogens (tertiary/aromatic N) is 1. The lowest BCUT2D eigenvalue weighted by molar-refractivity contribution is -0.122. The lowest BCUT2D eigenvalue weighted by atomic mass is 10.2. The molecule has 0 aliphatic heterocycles. The zero-order chi connectivity index (χ0) is 22.3. The molecular formula is C18H25ClN6O5S. The summed E-state index contributed by atoms with van der Waals surface area (Å²) in [5.41, 5.74) is 7.61. The Morgan fingerprint density at radius 3 is 2.58 bits per heavy atom. The standard InChI is InChI=1S/C18H24N6O5S.ClH/c1-12-4-3-5-14(10-12)30(27,28)23-15-7-6-13(2)24(17(15)26)11-16(25)21-8-9-29-22-18(19)20;/h3-7,10,23H,8-9,11H2,1-2H3,(H,21,25)(H4,19,20,22);1H. The number of aromatic nitrogens is 1. The molecule has 2 aromatic rings. The number of sulfonamides is 1. The Morgan fingerprint density at radius 2 is 1.94 bits per heavy atom. The highest BCUT2D eigenvalue weighted by molar-refractivity contribution is 7.92. The maximum Gasteiger partial charge on any atom is 0.275 e. The van der Waals surface area contributed by atoms with E-state index in [1.807, 2.05) is 0 Å². The van der Waals surface area contributed by atoms with Crippen LogP contribution < -0.4 is 26.8 Å². The monoisotopic (exact) mass is 472 g/mol. The van der Waals surface area contributed by atoms with Crippen LogP contribution in [0.5, 0.6) is 0 Å². The summed E-state index contributed by atoms with van der Waals surface area (Å²) in [6.45, 7) is 3.26. The van der Waals surface area contributed by atoms with E-state index < -0.39 is 21.5 Å². The second-order valence-electron chi connectivity index (χ2n) is 6.42. The molecule has 2 rings (SSSR count). The molecule has 31 heavy (non-hydrogen) atoms. The summed E-state index contributed by atoms with van der Waals surface area (Å²) in [5, 5.41) is 9.47. The number of nitrogens with two attached hydrogens (primary N) is 1. The summed E-state index contributed by atoms with van der Waals surface area (Å²) >= 11 is 0. The van der Waals surface area contributed by atoms with E-state index in [4.69, 9.17) is 16.0 Å². The largest absolute Gasteiger partial charge is 0.368 e. The van der Waals surface area contributed by atoms with E-state index in [2.05, 4.69) is 15.5 Å². The quantitative estimate of drug-likeness (QED) is 0.150. The number of carbonyl (C=O) groups excluding carboxylic acids is 1. The average molecular weight is 473 g/mol. The molecule has 0 radical (unpaired) electrons. The van der Waals surface area contributed by atoms with Crippen molar-refractivity contribution in [2.75, 3.05) is 17.9 Å². The Balaban J connectivity index is 0.00000480. The van der Waals surface area contributed by atoms with Crippen molar-refractivity contribution in [3.63, 3.8) is 0 Å². The van der Waals surface area contributed by atoms with Crippen molar-refractivity contribution in [3.05, 3.63) is 58.0 Å². The van der Waals surface area contributed by atoms with Crippen molar-refractivity contribution in [2.24, 2.45) is 5.73 Å². The first kappa shape index (κ1) is 25.9. The number of amides is 1. The lowest BCUT2D eigenvalue weighted by Crippen LogP contribution is -2.37. The molecule has 1 amide bonds. The van der Waals surface area contributed by atoms with E-state index in [9.17, 15) is 18.0 Å². The fraction of sp³-hybridized carbons (Fsp3) is 0.278. The van der Waals surface area contributed by atoms with E-state index in [0.717, 1.165) is 10.1 Å². The number of hydrogen-bond acceptors (Lipinski definition) is 6. The zero-order valence-electron chi connectivity index (χ0n) is 17.0. The number of pyridine rings is 1. The van der Waals surface area contributed by atoms with Gasteiger partial charge in [-0.05, 0) is 43.7 Å². The first-order chi connectivity index (χ1) is 14.1. The highest BCUT2D eigenvalue weighted by Crippen LogP contribution is 2.15. The number of hydroxylamine groups is 1. The van der Waals surface area contributed by atoms with Crippen LogP contribution in [-0.4, -0.2) is 38.0 Å². The number of aryl methyl sites for hydroxylation is 2. The topological polar surface area (TPSA) is 168 Å². The van der Waals surface area contributed by atoms with Gasteiger partial charge in [0.25, 0.3) is 15.6 Å². The van der Waals surface area contributed by atoms with Gasteiger partial charge in [0.15, 0.2) is 0 Å². The SMILES string of the molecule is Cc1cccc(S(=O)(=O)Nc2ccc(C)n(CC(=O)NCCONC(=N)N)c2=O)c1.Cl. The number of rotatable bonds is 9. The van der Waals surface area contributed by atoms with Crippen molar-refractivity contribution in [3.8, 4) is 0 Å². The minimum atomic E-state index is -3.96. The smallest absolute Gasteiger partial charge is 0.275 e. The van der Waals surface area contributed by atoms with Crippen LogP contribution >= 0.6 is 12.4 Å². The third-order valence-corrected chi connectivity index (χ3v) is 5.31. The molecule has 1 aromatic carbocycles. The van der Waals surface area contributed by atoms with Gasteiger partial charge in [-0.1, -0.05) is 12.1 Å². The van der Waals surface area contributed by atoms with E-state index in [1.54, 1.807) is 32.0 Å². The maximum absolute atomic E-state index is 12.7. The van der Waals surface area contributed by atoms with Crippen LogP contribution in [0.25, 0.3) is 0 Å². The highest BCUT2D eigenvalue weighted by Gasteiger charge is 2.18. The predicted molar refractivity (Wildman–Crippen MR) is 119 cm³/mol. The molecule has 13 heteroatoms. The number of halogens is 1. The molecule has 6 N–H and O–H groups in total. The summed E-state index contributed by atoms with van der Waals surface area (Å²) in [5.74, 6) is -0.834. The number of guanidine groups is 1. The van der Waals surface area contributed by atoms with Gasteiger partial charge in [0.1, 0.15) is 12.2 Å². The third-order valence-electron chi connectivity index (χ3n) is 3.95. The Kier molecular flexibility index (Phi) is 9.49. The van der Waals surface area contributed by atoms with Gasteiger partial charge >= 0.3 is 0 Å². The van der Waals surface area contributed by atoms with Crippen LogP contribution in [0.3, 0.4) is 0 Å². The number of anilines is 1. The van der Waals surface area contributed by atoms with Crippen LogP contribution in [0.15, 0.2) is 46.1 Å². The second kappa shape index (κ2) is 11.3. The van der Waals surface area contributed by atoms with Crippen molar-refractivity contribution in [1.82, 2.24) is 15.4 Å². The lowest BCUT2D eigenvalue weighted by Gasteiger charge is -2.14. The van der Waals surface area contributed by atoms with Crippen LogP contribution in [-0.2, 0) is 26.2 Å². The Morgan fingerprint density at radius 1 is 1.23 bits per heavy atom. The maximum atomic E-state index is 12.7. The molecule has 0 fully saturated rings. The first-order valence-electron chi connectivity index (χ1n) is 8.88. The van der Waals surface area contributed by atoms with Crippen molar-refractivity contribution in [2.45, 2.75) is 25.3 Å². The molecule has 1 aromatic heterocycles. The van der Waals surface area contributed by atoms with Crippen molar-refractivity contribution in [1.29, 1.82) is 5.41 Å². The van der Waals surface area contributed by atoms with E-state index in [0.29, 0.717) is 5.69 Å². The molecule has 0 spiro atoms. The van der Waals surface area contributed by atoms with Crippen LogP contribution in [0.2, 0.25) is 0 Å². The molecule has 0 bridgehead atoms. The van der Waals surface area contributed by atoms with Gasteiger partial charge < -0.3 is 15.6 Å². The van der Waals surface area contributed by atoms with Crippen molar-refractivity contribution >= 4 is 40.0 Å². The molecular weight excluding hydrogens is 448 g/mol. The molecule has 0 saturated heterocycles. The summed E-state index contributed by atoms with van der Waals surface area (Å²) < 4.78 is 28.6. The fourth-order valence-corrected chi connectivity index (χ4v) is 3.66. The van der Waals surface area contributed by atoms with Crippen molar-refractivity contribution < 1.29 is 18.0 Å². The molecule has 0 saturated carbocycles. The summed E-state index contributed by atoms with van der Waals surface area (Å²) in [6.07, 6.45) is 0. The molecule has 0 atom stereocenters. The summed E-state index contributed by atoms with van der Waals surface area (Å²) in [6, 6.07) is 9.20. The molecule has 0 aliphatic rings. The van der Waals surface area contributed by atoms with Gasteiger partial charge in [0.05, 0.1) is 11.5 Å². The molecule has 1 heterocycles. The number of carbonyl (C=O) groups is 1. The average Bonchev–Trinajstić information content (AvgIpc) is 2.67. The highest BCUT2D eigenvalue weighted by atomic mass is 35.5. The summed E-state index contributed by atoms with van der Waals surface area (Å²) in [4.78, 5) is 29.7. The first-order valence-corrected chi connectivity index (χ1v) is 10.4. The third kappa shape index (κ3) is 7.59.